The molecule has 6 rings (SSSR count). The molecule has 2 bridgehead atoms. The molecule has 1 N–H and O–H groups in total. The van der Waals surface area contributed by atoms with Crippen LogP contribution in [0, 0.1) is 11.7 Å². The number of halogens is 1. The first kappa shape index (κ1) is 18.6. The highest BCUT2D eigenvalue weighted by Crippen LogP contribution is 2.40. The summed E-state index contributed by atoms with van der Waals surface area (Å²) in [6, 6.07) is 6.14. The van der Waals surface area contributed by atoms with Gasteiger partial charge < -0.3 is 19.5 Å². The van der Waals surface area contributed by atoms with Crippen molar-refractivity contribution in [3.63, 3.8) is 0 Å². The van der Waals surface area contributed by atoms with Gasteiger partial charge in [0.2, 0.25) is 5.91 Å². The minimum atomic E-state index is -0.497. The number of hydrogen-bond donors (Lipinski definition) is 1. The summed E-state index contributed by atoms with van der Waals surface area (Å²) < 4.78 is 19.8. The zero-order chi connectivity index (χ0) is 21.1. The summed E-state index contributed by atoms with van der Waals surface area (Å²) in [6.45, 7) is 1.65. The molecule has 160 valence electrons. The van der Waals surface area contributed by atoms with E-state index in [1.54, 1.807) is 12.3 Å². The van der Waals surface area contributed by atoms with E-state index in [2.05, 4.69) is 24.8 Å². The molecule has 2 unspecified atom stereocenters. The van der Waals surface area contributed by atoms with Gasteiger partial charge in [-0.1, -0.05) is 0 Å². The van der Waals surface area contributed by atoms with Crippen LogP contribution in [-0.4, -0.2) is 58.0 Å². The van der Waals surface area contributed by atoms with Gasteiger partial charge in [0.1, 0.15) is 5.65 Å². The first-order valence-corrected chi connectivity index (χ1v) is 10.9. The Kier molecular flexibility index (Phi) is 4.16. The largest absolute Gasteiger partial charge is 0.479 e. The van der Waals surface area contributed by atoms with E-state index in [1.165, 1.54) is 13.3 Å². The molecule has 2 aliphatic heterocycles. The average molecular weight is 421 g/mol. The van der Waals surface area contributed by atoms with Crippen molar-refractivity contribution in [2.24, 2.45) is 5.92 Å². The Morgan fingerprint density at radius 2 is 1.87 bits per heavy atom. The lowest BCUT2D eigenvalue weighted by Gasteiger charge is -2.42. The van der Waals surface area contributed by atoms with Crippen LogP contribution in [-0.2, 0) is 4.79 Å². The molecule has 0 spiro atoms. The van der Waals surface area contributed by atoms with Gasteiger partial charge in [-0.3, -0.25) is 4.79 Å². The van der Waals surface area contributed by atoms with Crippen LogP contribution in [0.25, 0.3) is 22.3 Å². The van der Waals surface area contributed by atoms with Gasteiger partial charge in [0, 0.05) is 60.1 Å². The maximum atomic E-state index is 14.8. The Morgan fingerprint density at radius 1 is 1.13 bits per heavy atom. The van der Waals surface area contributed by atoms with Crippen LogP contribution in [0.1, 0.15) is 25.7 Å². The quantitative estimate of drug-likeness (QED) is 0.699. The number of aromatic amines is 1. The fourth-order valence-electron chi connectivity index (χ4n) is 5.21. The topological polar surface area (TPSA) is 74.3 Å². The Labute approximate surface area is 179 Å². The van der Waals surface area contributed by atoms with Crippen molar-refractivity contribution >= 4 is 22.6 Å². The van der Waals surface area contributed by atoms with Gasteiger partial charge in [0.15, 0.2) is 5.82 Å². The molecular formula is C23H24FN5O2. The minimum absolute atomic E-state index is 0.0302. The number of carbonyl (C=O) groups excluding carboxylic acids is 1. The summed E-state index contributed by atoms with van der Waals surface area (Å²) >= 11 is 0. The highest BCUT2D eigenvalue weighted by atomic mass is 19.1. The third kappa shape index (κ3) is 2.96. The number of nitrogens with one attached hydrogen (secondary N) is 1. The van der Waals surface area contributed by atoms with Crippen molar-refractivity contribution in [2.45, 2.75) is 37.8 Å². The lowest BCUT2D eigenvalue weighted by molar-refractivity contribution is -0.135. The van der Waals surface area contributed by atoms with E-state index in [0.717, 1.165) is 49.8 Å². The number of rotatable bonds is 4. The summed E-state index contributed by atoms with van der Waals surface area (Å²) in [6.07, 6.45) is 7.54. The molecule has 3 aliphatic rings. The van der Waals surface area contributed by atoms with E-state index in [-0.39, 0.29) is 23.9 Å². The van der Waals surface area contributed by atoms with Crippen LogP contribution >= 0.6 is 0 Å². The third-order valence-electron chi connectivity index (χ3n) is 6.85. The monoisotopic (exact) mass is 421 g/mol. The second-order valence-corrected chi connectivity index (χ2v) is 8.77. The first-order chi connectivity index (χ1) is 15.1. The van der Waals surface area contributed by atoms with E-state index in [9.17, 15) is 9.18 Å². The Morgan fingerprint density at radius 3 is 2.58 bits per heavy atom. The molecule has 3 fully saturated rings. The van der Waals surface area contributed by atoms with Crippen molar-refractivity contribution < 1.29 is 13.9 Å². The predicted octanol–water partition coefficient (Wildman–Crippen LogP) is 3.36. The molecule has 31 heavy (non-hydrogen) atoms. The van der Waals surface area contributed by atoms with Gasteiger partial charge >= 0.3 is 0 Å². The zero-order valence-electron chi connectivity index (χ0n) is 17.3. The van der Waals surface area contributed by atoms with Crippen molar-refractivity contribution in [2.75, 3.05) is 25.1 Å². The number of H-pyrrole nitrogens is 1. The summed E-state index contributed by atoms with van der Waals surface area (Å²) in [5.41, 5.74) is 2.82. The van der Waals surface area contributed by atoms with Crippen LogP contribution < -0.4 is 9.64 Å². The standard InChI is InChI=1S/C23H24FN5O2/c1-31-22-20(24)16(6-8-26-22)18-10-17-19(7-9-25-21(17)27-18)28-11-14-4-5-15(12-28)29(14)23(30)13-2-3-13/h6-10,13-15H,2-5,11-12H2,1H3,(H,25,27). The number of anilines is 1. The summed E-state index contributed by atoms with van der Waals surface area (Å²) in [4.78, 5) is 28.9. The van der Waals surface area contributed by atoms with Gasteiger partial charge in [-0.2, -0.15) is 0 Å². The highest BCUT2D eigenvalue weighted by Gasteiger charge is 2.46. The highest BCUT2D eigenvalue weighted by molar-refractivity contribution is 5.94. The zero-order valence-corrected chi connectivity index (χ0v) is 17.3. The van der Waals surface area contributed by atoms with Crippen molar-refractivity contribution in [3.05, 3.63) is 36.4 Å². The number of nitrogens with zero attached hydrogens (tertiary/aromatic N) is 4. The first-order valence-electron chi connectivity index (χ1n) is 10.9. The molecule has 2 atom stereocenters. The molecule has 8 heteroatoms. The number of piperazine rings is 1. The number of amides is 1. The van der Waals surface area contributed by atoms with Crippen LogP contribution in [0.5, 0.6) is 5.88 Å². The number of pyridine rings is 2. The maximum absolute atomic E-state index is 14.8. The molecule has 2 saturated heterocycles. The molecule has 7 nitrogen and oxygen atoms in total. The lowest BCUT2D eigenvalue weighted by atomic mass is 10.1. The van der Waals surface area contributed by atoms with Crippen LogP contribution in [0.15, 0.2) is 30.6 Å². The van der Waals surface area contributed by atoms with Crippen molar-refractivity contribution in [1.29, 1.82) is 0 Å². The van der Waals surface area contributed by atoms with E-state index in [1.807, 2.05) is 12.1 Å². The number of methoxy groups -OCH3 is 1. The van der Waals surface area contributed by atoms with E-state index < -0.39 is 5.82 Å². The van der Waals surface area contributed by atoms with Gasteiger partial charge in [0.25, 0.3) is 5.88 Å². The Hall–Kier alpha value is -3.16. The Bertz CT molecular complexity index is 1160. The fraction of sp³-hybridized carbons (Fsp3) is 0.435. The van der Waals surface area contributed by atoms with Crippen LogP contribution in [0.2, 0.25) is 0 Å². The lowest BCUT2D eigenvalue weighted by Crippen LogP contribution is -2.56. The van der Waals surface area contributed by atoms with E-state index >= 15 is 0 Å². The molecule has 3 aromatic rings. The van der Waals surface area contributed by atoms with Crippen LogP contribution in [0.3, 0.4) is 0 Å². The third-order valence-corrected chi connectivity index (χ3v) is 6.85. The van der Waals surface area contributed by atoms with E-state index in [4.69, 9.17) is 4.74 Å². The minimum Gasteiger partial charge on any atom is -0.479 e. The number of fused-ring (bicyclic) bond motifs is 3. The number of aromatic nitrogens is 3. The van der Waals surface area contributed by atoms with Crippen molar-refractivity contribution in [1.82, 2.24) is 19.9 Å². The molecule has 0 radical (unpaired) electrons. The Balaban J connectivity index is 1.34. The number of hydrogen-bond acceptors (Lipinski definition) is 5. The normalized spacial score (nSPS) is 22.9. The van der Waals surface area contributed by atoms with E-state index in [0.29, 0.717) is 22.8 Å². The second kappa shape index (κ2) is 6.93. The van der Waals surface area contributed by atoms with Gasteiger partial charge in [-0.05, 0) is 43.9 Å². The number of ether oxygens (including phenoxy) is 1. The number of carbonyl (C=O) groups is 1. The molecule has 1 saturated carbocycles. The summed E-state index contributed by atoms with van der Waals surface area (Å²) in [5, 5.41) is 0.953. The van der Waals surface area contributed by atoms with Gasteiger partial charge in [0.05, 0.1) is 12.8 Å². The molecular weight excluding hydrogens is 397 g/mol. The van der Waals surface area contributed by atoms with Gasteiger partial charge in [-0.15, -0.1) is 0 Å². The molecule has 1 amide bonds. The van der Waals surface area contributed by atoms with Crippen molar-refractivity contribution in [3.8, 4) is 17.1 Å². The van der Waals surface area contributed by atoms with Crippen LogP contribution in [0.4, 0.5) is 10.1 Å². The second-order valence-electron chi connectivity index (χ2n) is 8.77. The SMILES string of the molecule is COc1nccc(-c2cc3c(N4CC5CCC(C4)N5C(=O)C4CC4)ccnc3[nH]2)c1F. The fourth-order valence-corrected chi connectivity index (χ4v) is 5.21. The molecule has 0 aromatic carbocycles. The molecule has 3 aromatic heterocycles. The summed E-state index contributed by atoms with van der Waals surface area (Å²) in [7, 11) is 1.40. The van der Waals surface area contributed by atoms with Gasteiger partial charge in [-0.25, -0.2) is 14.4 Å². The molecule has 1 aliphatic carbocycles. The molecule has 5 heterocycles. The maximum Gasteiger partial charge on any atom is 0.250 e. The summed E-state index contributed by atoms with van der Waals surface area (Å²) in [5.74, 6) is 0.0977. The predicted molar refractivity (Wildman–Crippen MR) is 114 cm³/mol. The smallest absolute Gasteiger partial charge is 0.250 e. The average Bonchev–Trinajstić information content (AvgIpc) is 3.49.